The summed E-state index contributed by atoms with van der Waals surface area (Å²) < 4.78 is 12.3. The van der Waals surface area contributed by atoms with Crippen molar-refractivity contribution in [1.29, 1.82) is 0 Å². The third-order valence-corrected chi connectivity index (χ3v) is 4.66. The third kappa shape index (κ3) is 5.32. The van der Waals surface area contributed by atoms with E-state index >= 15 is 0 Å². The van der Waals surface area contributed by atoms with E-state index in [4.69, 9.17) is 9.15 Å². The number of furan rings is 1. The van der Waals surface area contributed by atoms with E-state index in [9.17, 15) is 4.79 Å². The van der Waals surface area contributed by atoms with E-state index < -0.39 is 0 Å². The molecule has 1 atom stereocenters. The van der Waals surface area contributed by atoms with Crippen LogP contribution in [0.1, 0.15) is 18.6 Å². The normalized spacial score (nSPS) is 17.3. The summed E-state index contributed by atoms with van der Waals surface area (Å²) in [5, 5.41) is 2.95. The third-order valence-electron chi connectivity index (χ3n) is 3.94. The molecule has 1 fully saturated rings. The Bertz CT molecular complexity index is 637. The van der Waals surface area contributed by atoms with Crippen molar-refractivity contribution in [3.8, 4) is 0 Å². The Morgan fingerprint density at radius 2 is 2.12 bits per heavy atom. The summed E-state index contributed by atoms with van der Waals surface area (Å²) in [4.78, 5) is 14.5. The zero-order valence-corrected chi connectivity index (χ0v) is 15.6. The Morgan fingerprint density at radius 3 is 2.79 bits per heavy atom. The predicted molar refractivity (Wildman–Crippen MR) is 101 cm³/mol. The van der Waals surface area contributed by atoms with Gasteiger partial charge in [-0.3, -0.25) is 9.69 Å². The summed E-state index contributed by atoms with van der Waals surface area (Å²) in [7, 11) is 0. The Morgan fingerprint density at radius 1 is 1.29 bits per heavy atom. The molecule has 1 saturated heterocycles. The van der Waals surface area contributed by atoms with Gasteiger partial charge in [0.15, 0.2) is 0 Å². The van der Waals surface area contributed by atoms with Crippen LogP contribution in [0, 0.1) is 3.57 Å². The van der Waals surface area contributed by atoms with Gasteiger partial charge < -0.3 is 14.5 Å². The smallest absolute Gasteiger partial charge is 0.238 e. The van der Waals surface area contributed by atoms with Crippen LogP contribution < -0.4 is 5.32 Å². The Hall–Kier alpha value is -1.38. The molecule has 24 heavy (non-hydrogen) atoms. The standard InChI is InChI=1S/C18H21IN2O3/c19-14-5-7-15(8-6-14)20-18(22)13-21(11-16-3-1-9-23-16)12-17-4-2-10-24-17/h1,3,5-9,17H,2,4,10-13H2,(H,20,22). The minimum absolute atomic E-state index is 0.0271. The highest BCUT2D eigenvalue weighted by Crippen LogP contribution is 2.16. The number of anilines is 1. The molecule has 1 N–H and O–H groups in total. The average Bonchev–Trinajstić information content (AvgIpc) is 3.23. The molecule has 1 aromatic carbocycles. The molecule has 128 valence electrons. The highest BCUT2D eigenvalue weighted by Gasteiger charge is 2.21. The summed E-state index contributed by atoms with van der Waals surface area (Å²) in [5.74, 6) is 0.829. The fraction of sp³-hybridized carbons (Fsp3) is 0.389. The number of ether oxygens (including phenoxy) is 1. The molecular formula is C18H21IN2O3. The molecule has 3 rings (SSSR count). The fourth-order valence-electron chi connectivity index (χ4n) is 2.82. The van der Waals surface area contributed by atoms with Gasteiger partial charge in [0.1, 0.15) is 5.76 Å². The van der Waals surface area contributed by atoms with Crippen molar-refractivity contribution in [2.75, 3.05) is 25.0 Å². The van der Waals surface area contributed by atoms with Crippen LogP contribution in [0.25, 0.3) is 0 Å². The molecule has 0 aliphatic carbocycles. The van der Waals surface area contributed by atoms with Crippen molar-refractivity contribution in [2.45, 2.75) is 25.5 Å². The first-order valence-electron chi connectivity index (χ1n) is 8.11. The van der Waals surface area contributed by atoms with E-state index in [1.807, 2.05) is 36.4 Å². The zero-order valence-electron chi connectivity index (χ0n) is 13.4. The second-order valence-electron chi connectivity index (χ2n) is 5.94. The topological polar surface area (TPSA) is 54.7 Å². The molecule has 6 heteroatoms. The van der Waals surface area contributed by atoms with E-state index in [-0.39, 0.29) is 12.0 Å². The molecular weight excluding hydrogens is 419 g/mol. The second-order valence-corrected chi connectivity index (χ2v) is 7.18. The molecule has 1 unspecified atom stereocenters. The molecule has 1 aromatic heterocycles. The van der Waals surface area contributed by atoms with Crippen LogP contribution in [-0.4, -0.2) is 36.6 Å². The van der Waals surface area contributed by atoms with Gasteiger partial charge in [0.05, 0.1) is 25.5 Å². The maximum atomic E-state index is 12.4. The van der Waals surface area contributed by atoms with Crippen molar-refractivity contribution in [3.05, 3.63) is 52.0 Å². The largest absolute Gasteiger partial charge is 0.468 e. The highest BCUT2D eigenvalue weighted by molar-refractivity contribution is 14.1. The number of amides is 1. The minimum Gasteiger partial charge on any atom is -0.468 e. The van der Waals surface area contributed by atoms with Gasteiger partial charge in [0.2, 0.25) is 5.91 Å². The lowest BCUT2D eigenvalue weighted by Gasteiger charge is -2.23. The number of hydrogen-bond donors (Lipinski definition) is 1. The minimum atomic E-state index is -0.0271. The molecule has 2 aromatic rings. The van der Waals surface area contributed by atoms with Crippen LogP contribution in [0.3, 0.4) is 0 Å². The number of nitrogens with zero attached hydrogens (tertiary/aromatic N) is 1. The maximum absolute atomic E-state index is 12.4. The van der Waals surface area contributed by atoms with Crippen LogP contribution in [0.2, 0.25) is 0 Å². The Balaban J connectivity index is 1.58. The van der Waals surface area contributed by atoms with Crippen molar-refractivity contribution in [2.24, 2.45) is 0 Å². The van der Waals surface area contributed by atoms with Crippen LogP contribution in [0.5, 0.6) is 0 Å². The molecule has 2 heterocycles. The van der Waals surface area contributed by atoms with Gasteiger partial charge in [-0.1, -0.05) is 0 Å². The van der Waals surface area contributed by atoms with E-state index in [1.165, 1.54) is 0 Å². The van der Waals surface area contributed by atoms with Crippen molar-refractivity contribution < 1.29 is 13.9 Å². The van der Waals surface area contributed by atoms with Gasteiger partial charge in [0, 0.05) is 22.4 Å². The van der Waals surface area contributed by atoms with Gasteiger partial charge in [-0.05, 0) is 71.8 Å². The summed E-state index contributed by atoms with van der Waals surface area (Å²) in [6.07, 6.45) is 4.00. The molecule has 0 bridgehead atoms. The fourth-order valence-corrected chi connectivity index (χ4v) is 3.18. The lowest BCUT2D eigenvalue weighted by Crippen LogP contribution is -2.37. The van der Waals surface area contributed by atoms with Gasteiger partial charge >= 0.3 is 0 Å². The van der Waals surface area contributed by atoms with Gasteiger partial charge in [-0.25, -0.2) is 0 Å². The number of hydrogen-bond acceptors (Lipinski definition) is 4. The lowest BCUT2D eigenvalue weighted by atomic mass is 10.2. The van der Waals surface area contributed by atoms with E-state index in [2.05, 4.69) is 32.8 Å². The van der Waals surface area contributed by atoms with E-state index in [0.29, 0.717) is 13.1 Å². The summed E-state index contributed by atoms with van der Waals surface area (Å²) >= 11 is 2.24. The SMILES string of the molecule is O=C(CN(Cc1ccco1)CC1CCCO1)Nc1ccc(I)cc1. The maximum Gasteiger partial charge on any atom is 0.238 e. The van der Waals surface area contributed by atoms with Crippen LogP contribution >= 0.6 is 22.6 Å². The van der Waals surface area contributed by atoms with Crippen LogP contribution in [0.4, 0.5) is 5.69 Å². The molecule has 1 aliphatic rings. The number of rotatable bonds is 7. The zero-order chi connectivity index (χ0) is 16.8. The number of carbonyl (C=O) groups excluding carboxylic acids is 1. The van der Waals surface area contributed by atoms with Crippen molar-refractivity contribution in [1.82, 2.24) is 4.90 Å². The Kier molecular flexibility index (Phi) is 6.28. The molecule has 0 spiro atoms. The van der Waals surface area contributed by atoms with Crippen molar-refractivity contribution in [3.63, 3.8) is 0 Å². The van der Waals surface area contributed by atoms with Crippen molar-refractivity contribution >= 4 is 34.2 Å². The van der Waals surface area contributed by atoms with Gasteiger partial charge in [-0.2, -0.15) is 0 Å². The molecule has 5 nitrogen and oxygen atoms in total. The molecule has 1 amide bonds. The average molecular weight is 440 g/mol. The summed E-state index contributed by atoms with van der Waals surface area (Å²) in [6.45, 7) is 2.47. The summed E-state index contributed by atoms with van der Waals surface area (Å²) in [5.41, 5.74) is 0.815. The van der Waals surface area contributed by atoms with E-state index in [1.54, 1.807) is 6.26 Å². The molecule has 0 saturated carbocycles. The van der Waals surface area contributed by atoms with Crippen LogP contribution in [0.15, 0.2) is 47.1 Å². The molecule has 0 radical (unpaired) electrons. The number of benzene rings is 1. The monoisotopic (exact) mass is 440 g/mol. The van der Waals surface area contributed by atoms with Gasteiger partial charge in [0.25, 0.3) is 0 Å². The quantitative estimate of drug-likeness (QED) is 0.670. The first kappa shape index (κ1) is 17.4. The first-order valence-corrected chi connectivity index (χ1v) is 9.19. The Labute approximate surface area is 155 Å². The molecule has 1 aliphatic heterocycles. The lowest BCUT2D eigenvalue weighted by molar-refractivity contribution is -0.117. The number of carbonyl (C=O) groups is 1. The highest BCUT2D eigenvalue weighted by atomic mass is 127. The number of nitrogens with one attached hydrogen (secondary N) is 1. The van der Waals surface area contributed by atoms with E-state index in [0.717, 1.165) is 41.0 Å². The second kappa shape index (κ2) is 8.64. The van der Waals surface area contributed by atoms with Gasteiger partial charge in [-0.15, -0.1) is 0 Å². The van der Waals surface area contributed by atoms with Crippen LogP contribution in [-0.2, 0) is 16.1 Å². The number of halogens is 1. The first-order chi connectivity index (χ1) is 11.7. The predicted octanol–water partition coefficient (Wildman–Crippen LogP) is 3.50. The summed E-state index contributed by atoms with van der Waals surface area (Å²) in [6, 6.07) is 11.6.